The Balaban J connectivity index is 2.64. The molecule has 122 valence electrons. The number of carbonyl (C=O) groups is 1. The lowest BCUT2D eigenvalue weighted by atomic mass is 10.1. The summed E-state index contributed by atoms with van der Waals surface area (Å²) in [7, 11) is 4.69. The van der Waals surface area contributed by atoms with Gasteiger partial charge in [-0.15, -0.1) is 0 Å². The van der Waals surface area contributed by atoms with E-state index < -0.39 is 24.0 Å². The van der Waals surface area contributed by atoms with Crippen molar-refractivity contribution in [1.82, 2.24) is 5.32 Å². The highest BCUT2D eigenvalue weighted by molar-refractivity contribution is 5.67. The monoisotopic (exact) mass is 317 g/mol. The van der Waals surface area contributed by atoms with Crippen molar-refractivity contribution in [1.29, 1.82) is 0 Å². The highest BCUT2D eigenvalue weighted by atomic mass is 19.4. The van der Waals surface area contributed by atoms with Gasteiger partial charge in [0.05, 0.1) is 0 Å². The van der Waals surface area contributed by atoms with Gasteiger partial charge in [-0.05, 0) is 31.9 Å². The first kappa shape index (κ1) is 18.3. The Bertz CT molecular complexity index is 492. The molecule has 0 bridgehead atoms. The first-order valence-corrected chi connectivity index (χ1v) is 6.51. The molecule has 0 spiro atoms. The van der Waals surface area contributed by atoms with E-state index in [9.17, 15) is 18.0 Å². The van der Waals surface area contributed by atoms with E-state index in [2.05, 4.69) is 10.1 Å². The fourth-order valence-electron chi connectivity index (χ4n) is 1.64. The number of halogens is 3. The minimum absolute atomic E-state index is 0.115. The highest BCUT2D eigenvalue weighted by Crippen LogP contribution is 2.35. The third-order valence-corrected chi connectivity index (χ3v) is 2.55. The number of hydrogen-bond acceptors (Lipinski definition) is 3. The van der Waals surface area contributed by atoms with Crippen LogP contribution in [0.1, 0.15) is 38.0 Å². The largest absolute Gasteiger partial charge is 0.444 e. The van der Waals surface area contributed by atoms with Crippen molar-refractivity contribution >= 4 is 6.09 Å². The van der Waals surface area contributed by atoms with E-state index in [1.54, 1.807) is 20.8 Å². The van der Waals surface area contributed by atoms with Crippen molar-refractivity contribution in [2.45, 2.75) is 45.2 Å². The van der Waals surface area contributed by atoms with E-state index >= 15 is 0 Å². The summed E-state index contributed by atoms with van der Waals surface area (Å²) in [5, 5.41) is 2.51. The minimum atomic E-state index is -4.59. The molecule has 1 N–H and O–H groups in total. The molecule has 0 aliphatic heterocycles. The number of carbonyl (C=O) groups excluding carboxylic acids is 1. The molecular weight excluding hydrogens is 299 g/mol. The topological polar surface area (TPSA) is 47.6 Å². The zero-order valence-electron chi connectivity index (χ0n) is 12.5. The molecule has 2 radical (unpaired) electrons. The van der Waals surface area contributed by atoms with Crippen LogP contribution in [0.3, 0.4) is 0 Å². The van der Waals surface area contributed by atoms with Crippen LogP contribution in [-0.2, 0) is 16.0 Å². The van der Waals surface area contributed by atoms with Gasteiger partial charge in [-0.25, -0.2) is 4.79 Å². The molecule has 4 nitrogen and oxygen atoms in total. The van der Waals surface area contributed by atoms with Gasteiger partial charge in [-0.2, -0.15) is 13.2 Å². The summed E-state index contributed by atoms with van der Waals surface area (Å²) in [4.78, 5) is 11.5. The average Bonchev–Trinajstić information content (AvgIpc) is 2.35. The summed E-state index contributed by atoms with van der Waals surface area (Å²) in [5.74, 6) is 0. The number of hydrogen-bond donors (Lipinski definition) is 1. The van der Waals surface area contributed by atoms with Crippen LogP contribution in [0.5, 0.6) is 0 Å². The molecule has 0 aromatic heterocycles. The summed E-state index contributed by atoms with van der Waals surface area (Å²) in [6, 6.07) is 5.39. The van der Waals surface area contributed by atoms with Gasteiger partial charge >= 0.3 is 12.3 Å². The van der Waals surface area contributed by atoms with Gasteiger partial charge in [0, 0.05) is 6.54 Å². The van der Waals surface area contributed by atoms with Crippen molar-refractivity contribution in [3.05, 3.63) is 42.5 Å². The molecule has 1 amide bonds. The summed E-state index contributed by atoms with van der Waals surface area (Å²) in [6.45, 7) is 5.32. The molecular formula is C15H18F3NO3. The maximum absolute atomic E-state index is 12.6. The van der Waals surface area contributed by atoms with Crippen molar-refractivity contribution in [3.63, 3.8) is 0 Å². The molecule has 1 unspecified atom stereocenters. The number of nitrogens with one attached hydrogen (secondary N) is 1. The standard InChI is InChI=1S/C15H18F3NO3/c1-14(2,3)22-13(20)19-9-10-5-7-11(8-6-10)12(21-4)15(16,17)18/h4-8,12H,9H2,1-3H3,(H,19,20). The molecule has 0 fully saturated rings. The molecule has 1 rings (SSSR count). The van der Waals surface area contributed by atoms with Gasteiger partial charge in [-0.1, -0.05) is 24.3 Å². The first-order chi connectivity index (χ1) is 10.0. The lowest BCUT2D eigenvalue weighted by Gasteiger charge is -2.20. The van der Waals surface area contributed by atoms with Crippen LogP contribution in [0.15, 0.2) is 24.3 Å². The van der Waals surface area contributed by atoms with Gasteiger partial charge in [0.15, 0.2) is 6.10 Å². The zero-order chi connectivity index (χ0) is 17.0. The lowest BCUT2D eigenvalue weighted by Crippen LogP contribution is -2.32. The maximum atomic E-state index is 12.6. The Hall–Kier alpha value is -1.76. The Labute approximate surface area is 127 Å². The average molecular weight is 317 g/mol. The molecule has 22 heavy (non-hydrogen) atoms. The number of rotatable bonds is 4. The third-order valence-electron chi connectivity index (χ3n) is 2.55. The van der Waals surface area contributed by atoms with Crippen LogP contribution in [0, 0.1) is 7.11 Å². The first-order valence-electron chi connectivity index (χ1n) is 6.51. The molecule has 0 saturated carbocycles. The van der Waals surface area contributed by atoms with Crippen molar-refractivity contribution in [3.8, 4) is 0 Å². The van der Waals surface area contributed by atoms with Crippen LogP contribution < -0.4 is 5.32 Å². The molecule has 1 aromatic rings. The summed E-state index contributed by atoms with van der Waals surface area (Å²) < 4.78 is 46.9. The fourth-order valence-corrected chi connectivity index (χ4v) is 1.64. The number of alkyl carbamates (subject to hydrolysis) is 1. The third kappa shape index (κ3) is 5.93. The Morgan fingerprint density at radius 3 is 2.18 bits per heavy atom. The van der Waals surface area contributed by atoms with Crippen LogP contribution in [-0.4, -0.2) is 17.9 Å². The Morgan fingerprint density at radius 1 is 1.23 bits per heavy atom. The summed E-state index contributed by atoms with van der Waals surface area (Å²) in [5.41, 5.74) is -0.115. The van der Waals surface area contributed by atoms with Crippen molar-refractivity contribution in [2.24, 2.45) is 0 Å². The van der Waals surface area contributed by atoms with Crippen LogP contribution in [0.2, 0.25) is 0 Å². The molecule has 1 atom stereocenters. The second-order valence-corrected chi connectivity index (χ2v) is 5.65. The van der Waals surface area contributed by atoms with Crippen LogP contribution in [0.25, 0.3) is 0 Å². The molecule has 7 heteroatoms. The van der Waals surface area contributed by atoms with E-state index in [0.717, 1.165) is 0 Å². The predicted octanol–water partition coefficient (Wildman–Crippen LogP) is 4.00. The van der Waals surface area contributed by atoms with Crippen LogP contribution in [0.4, 0.5) is 18.0 Å². The van der Waals surface area contributed by atoms with Gasteiger partial charge in [0.1, 0.15) is 12.7 Å². The van der Waals surface area contributed by atoms with E-state index in [1.165, 1.54) is 24.3 Å². The normalized spacial score (nSPS) is 13.6. The second-order valence-electron chi connectivity index (χ2n) is 5.65. The summed E-state index contributed by atoms with van der Waals surface area (Å²) in [6.07, 6.45) is -7.37. The van der Waals surface area contributed by atoms with E-state index in [0.29, 0.717) is 5.56 Å². The van der Waals surface area contributed by atoms with E-state index in [1.807, 2.05) is 0 Å². The lowest BCUT2D eigenvalue weighted by molar-refractivity contribution is -0.209. The SMILES string of the molecule is [CH]OC(c1ccc(CNC(=O)OC(C)(C)C)cc1)C(F)(F)F. The highest BCUT2D eigenvalue weighted by Gasteiger charge is 2.41. The maximum Gasteiger partial charge on any atom is 0.418 e. The number of alkyl halides is 3. The quantitative estimate of drug-likeness (QED) is 0.913. The molecule has 1 aromatic carbocycles. The molecule has 0 aliphatic carbocycles. The second kappa shape index (κ2) is 7.00. The van der Waals surface area contributed by atoms with Gasteiger partial charge in [-0.3, -0.25) is 0 Å². The number of amides is 1. The van der Waals surface area contributed by atoms with E-state index in [4.69, 9.17) is 11.8 Å². The van der Waals surface area contributed by atoms with Crippen molar-refractivity contribution in [2.75, 3.05) is 0 Å². The smallest absolute Gasteiger partial charge is 0.418 e. The molecule has 0 saturated heterocycles. The van der Waals surface area contributed by atoms with Gasteiger partial charge in [0.2, 0.25) is 0 Å². The number of benzene rings is 1. The van der Waals surface area contributed by atoms with Gasteiger partial charge < -0.3 is 14.8 Å². The number of ether oxygens (including phenoxy) is 2. The Kier molecular flexibility index (Phi) is 5.82. The van der Waals surface area contributed by atoms with Crippen LogP contribution >= 0.6 is 0 Å². The Morgan fingerprint density at radius 2 is 1.77 bits per heavy atom. The molecule has 0 heterocycles. The van der Waals surface area contributed by atoms with Gasteiger partial charge in [0.25, 0.3) is 0 Å². The van der Waals surface area contributed by atoms with Crippen molar-refractivity contribution < 1.29 is 27.4 Å². The summed E-state index contributed by atoms with van der Waals surface area (Å²) >= 11 is 0. The zero-order valence-corrected chi connectivity index (χ0v) is 12.5. The minimum Gasteiger partial charge on any atom is -0.444 e. The fraction of sp³-hybridized carbons (Fsp3) is 0.467. The molecule has 0 aliphatic rings. The predicted molar refractivity (Wildman–Crippen MR) is 73.7 cm³/mol. The van der Waals surface area contributed by atoms with E-state index in [-0.39, 0.29) is 12.1 Å².